The Hall–Kier alpha value is -2.65. The van der Waals surface area contributed by atoms with E-state index in [0.29, 0.717) is 57.8 Å². The fourth-order valence-corrected chi connectivity index (χ4v) is 8.59. The molecule has 0 aromatic rings. The molecule has 0 saturated heterocycles. The topological polar surface area (TPSA) is 57.5 Å². The van der Waals surface area contributed by atoms with Crippen LogP contribution in [-0.4, -0.2) is 21.8 Å². The summed E-state index contributed by atoms with van der Waals surface area (Å²) in [6.45, 7) is 33.9. The van der Waals surface area contributed by atoms with Crippen LogP contribution in [0.3, 0.4) is 0 Å². The Kier molecular flexibility index (Phi) is 17.0. The molecule has 0 radical (unpaired) electrons. The maximum absolute atomic E-state index is 14.8. The minimum Gasteiger partial charge on any atom is -0.481 e. The lowest BCUT2D eigenvalue weighted by molar-refractivity contribution is -0.298. The minimum absolute atomic E-state index is 0.373. The van der Waals surface area contributed by atoms with Crippen molar-refractivity contribution in [3.63, 3.8) is 0 Å². The van der Waals surface area contributed by atoms with Gasteiger partial charge in [0.25, 0.3) is 0 Å². The fraction of sp³-hybridized carbons (Fsp3) is 0.638. The highest BCUT2D eigenvalue weighted by Crippen LogP contribution is 2.77. The van der Waals surface area contributed by atoms with Crippen LogP contribution < -0.4 is 0 Å². The van der Waals surface area contributed by atoms with Crippen LogP contribution in [-0.2, 0) is 4.79 Å². The number of carboxylic acid groups (broad SMARTS) is 1. The van der Waals surface area contributed by atoms with Crippen LogP contribution in [0.4, 0.5) is 0 Å². The SMILES string of the molecule is CC(C)=CCC1(CC=C(C)C)CC(CC=C(C)C)(C(=O)O)C(CC=C(C)C)(CC=C(C)C)C(CC=C(C)C)(CC=C(C)C)C1(O)CC=C(C)C. The summed E-state index contributed by atoms with van der Waals surface area (Å²) in [4.78, 5) is 14.8. The third kappa shape index (κ3) is 10.2. The largest absolute Gasteiger partial charge is 0.481 e. The second kappa shape index (κ2) is 18.7. The van der Waals surface area contributed by atoms with E-state index in [1.807, 2.05) is 0 Å². The molecule has 1 rings (SSSR count). The molecule has 2 atom stereocenters. The number of carboxylic acids is 1. The molecule has 0 aliphatic heterocycles. The summed E-state index contributed by atoms with van der Waals surface area (Å²) in [6.07, 6.45) is 22.8. The molecule has 0 aromatic carbocycles. The number of aliphatic hydroxyl groups is 1. The maximum atomic E-state index is 14.8. The Morgan fingerprint density at radius 1 is 0.420 bits per heavy atom. The molecule has 0 bridgehead atoms. The summed E-state index contributed by atoms with van der Waals surface area (Å²) in [7, 11) is 0. The number of aliphatic carboxylic acids is 1. The highest BCUT2D eigenvalue weighted by molar-refractivity contribution is 5.77. The summed E-state index contributed by atoms with van der Waals surface area (Å²) in [5.41, 5.74) is 4.38. The van der Waals surface area contributed by atoms with E-state index in [-0.39, 0.29) is 0 Å². The lowest BCUT2D eigenvalue weighted by atomic mass is 9.30. The van der Waals surface area contributed by atoms with Gasteiger partial charge >= 0.3 is 5.97 Å². The predicted octanol–water partition coefficient (Wildman–Crippen LogP) is 14.0. The maximum Gasteiger partial charge on any atom is 0.310 e. The second-order valence-corrected chi connectivity index (χ2v) is 17.8. The van der Waals surface area contributed by atoms with Crippen molar-refractivity contribution in [2.24, 2.45) is 21.7 Å². The Labute approximate surface area is 309 Å². The first-order chi connectivity index (χ1) is 23.0. The van der Waals surface area contributed by atoms with E-state index in [1.54, 1.807) is 0 Å². The summed E-state index contributed by atoms with van der Waals surface area (Å²) in [6, 6.07) is 0. The van der Waals surface area contributed by atoms with Crippen molar-refractivity contribution in [3.8, 4) is 0 Å². The van der Waals surface area contributed by atoms with E-state index < -0.39 is 33.2 Å². The van der Waals surface area contributed by atoms with Crippen LogP contribution in [0.2, 0.25) is 0 Å². The van der Waals surface area contributed by atoms with E-state index in [2.05, 4.69) is 159 Å². The van der Waals surface area contributed by atoms with Crippen LogP contribution in [0.25, 0.3) is 0 Å². The van der Waals surface area contributed by atoms with E-state index in [4.69, 9.17) is 0 Å². The molecule has 0 aromatic heterocycles. The van der Waals surface area contributed by atoms with Crippen molar-refractivity contribution in [1.29, 1.82) is 0 Å². The Morgan fingerprint density at radius 3 is 0.980 bits per heavy atom. The molecule has 2 N–H and O–H groups in total. The zero-order chi connectivity index (χ0) is 38.7. The number of rotatable bonds is 17. The third-order valence-corrected chi connectivity index (χ3v) is 11.5. The molecule has 2 unspecified atom stereocenters. The van der Waals surface area contributed by atoms with Crippen molar-refractivity contribution >= 4 is 5.97 Å². The van der Waals surface area contributed by atoms with Crippen molar-refractivity contribution in [3.05, 3.63) is 93.2 Å². The van der Waals surface area contributed by atoms with Crippen molar-refractivity contribution < 1.29 is 15.0 Å². The zero-order valence-electron chi connectivity index (χ0n) is 35.3. The molecule has 50 heavy (non-hydrogen) atoms. The van der Waals surface area contributed by atoms with E-state index in [1.165, 1.54) is 33.4 Å². The number of hydrogen-bond acceptors (Lipinski definition) is 2. The lowest BCUT2D eigenvalue weighted by Crippen LogP contribution is -2.75. The Morgan fingerprint density at radius 2 is 0.680 bits per heavy atom. The van der Waals surface area contributed by atoms with Crippen molar-refractivity contribution in [2.75, 3.05) is 0 Å². The van der Waals surface area contributed by atoms with Gasteiger partial charge in [-0.3, -0.25) is 4.79 Å². The van der Waals surface area contributed by atoms with Crippen LogP contribution in [0.15, 0.2) is 93.2 Å². The Bertz CT molecular complexity index is 1340. The molecular weight excluding hydrogens is 613 g/mol. The van der Waals surface area contributed by atoms with Crippen LogP contribution in [0.1, 0.15) is 169 Å². The van der Waals surface area contributed by atoms with Gasteiger partial charge in [0.05, 0.1) is 11.0 Å². The number of allylic oxidation sites excluding steroid dienone is 15. The van der Waals surface area contributed by atoms with Crippen LogP contribution in [0.5, 0.6) is 0 Å². The Balaban J connectivity index is 5.21. The monoisotopic (exact) mass is 689 g/mol. The van der Waals surface area contributed by atoms with E-state index in [9.17, 15) is 15.0 Å². The van der Waals surface area contributed by atoms with Crippen molar-refractivity contribution in [2.45, 2.75) is 174 Å². The average Bonchev–Trinajstić information content (AvgIpc) is 2.98. The zero-order valence-corrected chi connectivity index (χ0v) is 35.3. The predicted molar refractivity (Wildman–Crippen MR) is 219 cm³/mol. The second-order valence-electron chi connectivity index (χ2n) is 17.8. The van der Waals surface area contributed by atoms with Crippen molar-refractivity contribution in [1.82, 2.24) is 0 Å². The van der Waals surface area contributed by atoms with Gasteiger partial charge in [-0.05, 0) is 169 Å². The third-order valence-electron chi connectivity index (χ3n) is 11.5. The summed E-state index contributed by atoms with van der Waals surface area (Å²) in [5.74, 6) is -0.749. The van der Waals surface area contributed by atoms with Gasteiger partial charge in [-0.1, -0.05) is 93.2 Å². The minimum atomic E-state index is -1.28. The van der Waals surface area contributed by atoms with Gasteiger partial charge in [0.15, 0.2) is 0 Å². The van der Waals surface area contributed by atoms with Gasteiger partial charge in [-0.15, -0.1) is 0 Å². The summed E-state index contributed by atoms with van der Waals surface area (Å²) in [5, 5.41) is 26.6. The van der Waals surface area contributed by atoms with Gasteiger partial charge in [-0.2, -0.15) is 0 Å². The van der Waals surface area contributed by atoms with Gasteiger partial charge < -0.3 is 10.2 Å². The van der Waals surface area contributed by atoms with Gasteiger partial charge in [0, 0.05) is 16.2 Å². The average molecular weight is 689 g/mol. The molecule has 0 heterocycles. The molecule has 0 spiro atoms. The molecule has 1 saturated carbocycles. The standard InChI is InChI=1S/C47H76O3/c1-34(2)17-25-43(26-18-35(3)4)33-44(42(48)49,27-19-36(5)6)45(28-20-37(7)8,29-21-38(9)10)46(30-22-39(11)12,31-23-40(13)14)47(43,50)32-24-41(15)16/h17-24,50H,25-33H2,1-16H3,(H,48,49). The van der Waals surface area contributed by atoms with E-state index in [0.717, 1.165) is 11.1 Å². The molecule has 1 aliphatic rings. The first-order valence-corrected chi connectivity index (χ1v) is 19.0. The smallest absolute Gasteiger partial charge is 0.310 e. The number of hydrogen-bond donors (Lipinski definition) is 2. The molecule has 3 heteroatoms. The molecule has 1 fully saturated rings. The van der Waals surface area contributed by atoms with Crippen LogP contribution in [0, 0.1) is 21.7 Å². The molecule has 3 nitrogen and oxygen atoms in total. The van der Waals surface area contributed by atoms with Crippen LogP contribution >= 0.6 is 0 Å². The first kappa shape index (κ1) is 45.4. The van der Waals surface area contributed by atoms with E-state index >= 15 is 0 Å². The van der Waals surface area contributed by atoms with Gasteiger partial charge in [0.1, 0.15) is 0 Å². The van der Waals surface area contributed by atoms with Gasteiger partial charge in [-0.25, -0.2) is 0 Å². The number of carbonyl (C=O) groups is 1. The van der Waals surface area contributed by atoms with Gasteiger partial charge in [0.2, 0.25) is 0 Å². The molecular formula is C47H76O3. The first-order valence-electron chi connectivity index (χ1n) is 19.0. The quantitative estimate of drug-likeness (QED) is 0.150. The molecule has 282 valence electrons. The summed E-state index contributed by atoms with van der Waals surface area (Å²) >= 11 is 0. The lowest BCUT2D eigenvalue weighted by Gasteiger charge is -2.73. The summed E-state index contributed by atoms with van der Waals surface area (Å²) < 4.78 is 0. The molecule has 0 amide bonds. The fourth-order valence-electron chi connectivity index (χ4n) is 8.59. The molecule has 1 aliphatic carbocycles. The highest BCUT2D eigenvalue weighted by atomic mass is 16.4. The highest BCUT2D eigenvalue weighted by Gasteiger charge is 2.78. The normalized spacial score (nSPS) is 21.5.